The molecule has 0 bridgehead atoms. The second-order valence-corrected chi connectivity index (χ2v) is 13.8. The number of rotatable bonds is 10. The zero-order valence-corrected chi connectivity index (χ0v) is 30.2. The number of carbonyl (C=O) groups excluding carboxylic acids is 2. The monoisotopic (exact) mass is 752 g/mol. The van der Waals surface area contributed by atoms with Crippen molar-refractivity contribution in [2.24, 2.45) is 10.8 Å². The van der Waals surface area contributed by atoms with Crippen LogP contribution in [0.1, 0.15) is 91.5 Å². The molecule has 12 heteroatoms. The molecule has 0 saturated heterocycles. The van der Waals surface area contributed by atoms with Crippen molar-refractivity contribution in [3.63, 3.8) is 0 Å². The van der Waals surface area contributed by atoms with Crippen LogP contribution in [0.4, 0.5) is 0 Å². The van der Waals surface area contributed by atoms with E-state index in [1.165, 1.54) is 19.0 Å². The maximum atomic E-state index is 12.5. The topological polar surface area (TPSA) is 104 Å². The van der Waals surface area contributed by atoms with E-state index in [9.17, 15) is 9.59 Å². The molecule has 0 N–H and O–H groups in total. The third kappa shape index (κ3) is 14.0. The number of hydrogen-bond acceptors (Lipinski definition) is 8. The summed E-state index contributed by atoms with van der Waals surface area (Å²) in [7, 11) is 0. The molecule has 0 aromatic carbocycles. The third-order valence-electron chi connectivity index (χ3n) is 7.10. The first-order valence-electron chi connectivity index (χ1n) is 14.2. The lowest BCUT2D eigenvalue weighted by atomic mass is 9.63. The minimum Gasteiger partial charge on any atom is -0.466 e. The minimum absolute atomic E-state index is 0.135. The third-order valence-corrected chi connectivity index (χ3v) is 8.25. The zero-order chi connectivity index (χ0) is 31.8. The van der Waals surface area contributed by atoms with Crippen molar-refractivity contribution in [2.45, 2.75) is 91.9 Å². The highest BCUT2D eigenvalue weighted by Crippen LogP contribution is 2.47. The van der Waals surface area contributed by atoms with Crippen LogP contribution in [-0.4, -0.2) is 55.7 Å². The lowest BCUT2D eigenvalue weighted by Gasteiger charge is -2.41. The van der Waals surface area contributed by atoms with Gasteiger partial charge in [0.15, 0.2) is 0 Å². The van der Waals surface area contributed by atoms with Gasteiger partial charge in [-0.2, -0.15) is 0 Å². The summed E-state index contributed by atoms with van der Waals surface area (Å²) >= 11 is 18.3. The molecule has 2 aromatic heterocycles. The van der Waals surface area contributed by atoms with Crippen molar-refractivity contribution in [3.05, 3.63) is 46.5 Å². The Labute approximate surface area is 277 Å². The standard InChI is InChI=1S/C15H21ClN2O2.C8H9ClN2O2.C7H14Br2/c1-4-20-12(19)15(8-6-14(2,3)7-9-15)11-5-10-17-13(16)18-11;1-2-13-7(12)5-6-3-4-10-8(9)11-6;1-7(2,3-5-8)4-6-9/h5,10H,4,6-9H2,1-3H3;3-4H,2,5H2,1H3;3-6H2,1-2H3. The van der Waals surface area contributed by atoms with E-state index in [1.807, 2.05) is 6.92 Å². The molecule has 0 aliphatic heterocycles. The molecule has 1 aliphatic rings. The summed E-state index contributed by atoms with van der Waals surface area (Å²) in [6.45, 7) is 13.4. The predicted molar refractivity (Wildman–Crippen MR) is 176 cm³/mol. The Hall–Kier alpha value is -1.36. The van der Waals surface area contributed by atoms with Crippen molar-refractivity contribution >= 4 is 67.0 Å². The SMILES string of the molecule is CC(C)(CCBr)CCBr.CCOC(=O)C1(c2ccnc(Cl)n2)CCC(C)(C)CC1.CCOC(=O)Cc1ccnc(Cl)n1. The van der Waals surface area contributed by atoms with Gasteiger partial charge in [-0.25, -0.2) is 19.9 Å². The molecule has 2 heterocycles. The fourth-order valence-corrected chi connectivity index (χ4v) is 6.71. The highest BCUT2D eigenvalue weighted by Gasteiger charge is 2.47. The smallest absolute Gasteiger partial charge is 0.318 e. The van der Waals surface area contributed by atoms with E-state index in [2.05, 4.69) is 79.5 Å². The lowest BCUT2D eigenvalue weighted by molar-refractivity contribution is -0.152. The normalized spacial score (nSPS) is 15.3. The molecule has 1 fully saturated rings. The summed E-state index contributed by atoms with van der Waals surface area (Å²) in [6.07, 6.45) is 9.18. The summed E-state index contributed by atoms with van der Waals surface area (Å²) in [5.41, 5.74) is 1.35. The quantitative estimate of drug-likeness (QED) is 0.136. The Bertz CT molecular complexity index is 1100. The van der Waals surface area contributed by atoms with E-state index in [-0.39, 0.29) is 34.3 Å². The molecule has 0 spiro atoms. The van der Waals surface area contributed by atoms with E-state index in [1.54, 1.807) is 25.3 Å². The second kappa shape index (κ2) is 19.1. The van der Waals surface area contributed by atoms with Crippen molar-refractivity contribution < 1.29 is 19.1 Å². The van der Waals surface area contributed by atoms with Gasteiger partial charge in [-0.05, 0) is 98.5 Å². The van der Waals surface area contributed by atoms with E-state index in [0.29, 0.717) is 30.0 Å². The van der Waals surface area contributed by atoms with Crippen LogP contribution < -0.4 is 0 Å². The number of alkyl halides is 2. The maximum Gasteiger partial charge on any atom is 0.318 e. The Morgan fingerprint density at radius 1 is 0.881 bits per heavy atom. The molecule has 0 amide bonds. The van der Waals surface area contributed by atoms with Gasteiger partial charge in [-0.1, -0.05) is 59.6 Å². The molecule has 0 unspecified atom stereocenters. The highest BCUT2D eigenvalue weighted by molar-refractivity contribution is 9.09. The van der Waals surface area contributed by atoms with Crippen molar-refractivity contribution in [1.82, 2.24) is 19.9 Å². The van der Waals surface area contributed by atoms with Gasteiger partial charge in [0.05, 0.1) is 31.0 Å². The molecule has 3 rings (SSSR count). The second-order valence-electron chi connectivity index (χ2n) is 11.5. The fourth-order valence-electron chi connectivity index (χ4n) is 4.25. The van der Waals surface area contributed by atoms with Gasteiger partial charge < -0.3 is 9.47 Å². The van der Waals surface area contributed by atoms with Gasteiger partial charge in [0.25, 0.3) is 0 Å². The van der Waals surface area contributed by atoms with Crippen molar-refractivity contribution in [1.29, 1.82) is 0 Å². The number of aromatic nitrogens is 4. The van der Waals surface area contributed by atoms with Crippen molar-refractivity contribution in [3.8, 4) is 0 Å². The number of esters is 2. The van der Waals surface area contributed by atoms with Gasteiger partial charge in [0.2, 0.25) is 10.6 Å². The van der Waals surface area contributed by atoms with Gasteiger partial charge >= 0.3 is 11.9 Å². The van der Waals surface area contributed by atoms with E-state index < -0.39 is 5.41 Å². The molecule has 1 aliphatic carbocycles. The van der Waals surface area contributed by atoms with Crippen LogP contribution in [0.25, 0.3) is 0 Å². The molecule has 0 radical (unpaired) electrons. The fraction of sp³-hybridized carbons (Fsp3) is 0.667. The van der Waals surface area contributed by atoms with E-state index in [4.69, 9.17) is 32.7 Å². The van der Waals surface area contributed by atoms with E-state index >= 15 is 0 Å². The molecular formula is C30H44Br2Cl2N4O4. The minimum atomic E-state index is -0.669. The summed E-state index contributed by atoms with van der Waals surface area (Å²) in [5, 5.41) is 2.55. The Morgan fingerprint density at radius 3 is 1.88 bits per heavy atom. The summed E-state index contributed by atoms with van der Waals surface area (Å²) in [4.78, 5) is 39.2. The van der Waals surface area contributed by atoms with Crippen LogP contribution in [0, 0.1) is 10.8 Å². The molecule has 8 nitrogen and oxygen atoms in total. The maximum absolute atomic E-state index is 12.5. The van der Waals surface area contributed by atoms with Crippen LogP contribution >= 0.6 is 55.1 Å². The number of hydrogen-bond donors (Lipinski definition) is 0. The molecule has 42 heavy (non-hydrogen) atoms. The number of ether oxygens (including phenoxy) is 2. The van der Waals surface area contributed by atoms with Crippen LogP contribution in [0.3, 0.4) is 0 Å². The van der Waals surface area contributed by atoms with Crippen molar-refractivity contribution in [2.75, 3.05) is 23.9 Å². The lowest BCUT2D eigenvalue weighted by Crippen LogP contribution is -2.43. The Balaban J connectivity index is 0.000000346. The first kappa shape index (κ1) is 38.7. The number of halogens is 4. The van der Waals surface area contributed by atoms with Gasteiger partial charge in [-0.15, -0.1) is 0 Å². The largest absolute Gasteiger partial charge is 0.466 e. The molecule has 236 valence electrons. The van der Waals surface area contributed by atoms with Crippen LogP contribution in [0.2, 0.25) is 10.6 Å². The Morgan fingerprint density at radius 2 is 1.40 bits per heavy atom. The van der Waals surface area contributed by atoms with Crippen LogP contribution in [0.5, 0.6) is 0 Å². The first-order valence-corrected chi connectivity index (χ1v) is 17.1. The van der Waals surface area contributed by atoms with Gasteiger partial charge in [0.1, 0.15) is 5.41 Å². The molecule has 1 saturated carbocycles. The average Bonchev–Trinajstić information content (AvgIpc) is 2.90. The average molecular weight is 755 g/mol. The molecule has 0 atom stereocenters. The summed E-state index contributed by atoms with van der Waals surface area (Å²) in [6, 6.07) is 3.41. The predicted octanol–water partition coefficient (Wildman–Crippen LogP) is 8.35. The van der Waals surface area contributed by atoms with Crippen LogP contribution in [-0.2, 0) is 30.9 Å². The van der Waals surface area contributed by atoms with E-state index in [0.717, 1.165) is 36.3 Å². The molecular weight excluding hydrogens is 711 g/mol. The summed E-state index contributed by atoms with van der Waals surface area (Å²) in [5.74, 6) is -0.498. The Kier molecular flexibility index (Phi) is 17.6. The zero-order valence-electron chi connectivity index (χ0n) is 25.5. The highest BCUT2D eigenvalue weighted by atomic mass is 79.9. The summed E-state index contributed by atoms with van der Waals surface area (Å²) < 4.78 is 10.0. The number of carbonyl (C=O) groups is 2. The van der Waals surface area contributed by atoms with Crippen LogP contribution in [0.15, 0.2) is 24.5 Å². The first-order chi connectivity index (χ1) is 19.7. The molecule has 2 aromatic rings. The van der Waals surface area contributed by atoms with Gasteiger partial charge in [-0.3, -0.25) is 9.59 Å². The van der Waals surface area contributed by atoms with Gasteiger partial charge in [0, 0.05) is 23.1 Å². The number of nitrogens with zero attached hydrogens (tertiary/aromatic N) is 4.